The zero-order chi connectivity index (χ0) is 16.9. The number of rotatable bonds is 3. The van der Waals surface area contributed by atoms with Crippen LogP contribution in [0.5, 0.6) is 0 Å². The molecular weight excluding hydrogens is 345 g/mol. The van der Waals surface area contributed by atoms with E-state index in [9.17, 15) is 4.79 Å². The molecule has 1 aromatic heterocycles. The van der Waals surface area contributed by atoms with Gasteiger partial charge in [-0.2, -0.15) is 0 Å². The van der Waals surface area contributed by atoms with Crippen molar-refractivity contribution in [2.24, 2.45) is 0 Å². The fourth-order valence-electron chi connectivity index (χ4n) is 2.59. The third-order valence-corrected chi connectivity index (χ3v) is 4.67. The second kappa shape index (κ2) is 7.69. The van der Waals surface area contributed by atoms with Gasteiger partial charge in [-0.1, -0.05) is 35.3 Å². The van der Waals surface area contributed by atoms with Crippen LogP contribution in [0.25, 0.3) is 6.08 Å². The number of benzene rings is 1. The number of hydrogen-bond donors (Lipinski definition) is 0. The maximum atomic E-state index is 12.3. The number of nitrogens with zero attached hydrogens (tertiary/aromatic N) is 3. The molecule has 6 heteroatoms. The molecule has 0 aliphatic carbocycles. The zero-order valence-corrected chi connectivity index (χ0v) is 14.5. The second-order valence-corrected chi connectivity index (χ2v) is 6.32. The van der Waals surface area contributed by atoms with E-state index in [1.54, 1.807) is 30.5 Å². The van der Waals surface area contributed by atoms with E-state index in [-0.39, 0.29) is 5.91 Å². The van der Waals surface area contributed by atoms with Gasteiger partial charge in [-0.15, -0.1) is 0 Å². The van der Waals surface area contributed by atoms with Gasteiger partial charge < -0.3 is 9.80 Å². The predicted molar refractivity (Wildman–Crippen MR) is 98.5 cm³/mol. The number of hydrogen-bond acceptors (Lipinski definition) is 3. The molecule has 4 nitrogen and oxygen atoms in total. The van der Waals surface area contributed by atoms with Crippen LogP contribution in [0.2, 0.25) is 10.0 Å². The largest absolute Gasteiger partial charge is 0.353 e. The number of halogens is 2. The summed E-state index contributed by atoms with van der Waals surface area (Å²) in [7, 11) is 0. The van der Waals surface area contributed by atoms with Crippen molar-refractivity contribution in [2.45, 2.75) is 0 Å². The fourth-order valence-corrected chi connectivity index (χ4v) is 2.89. The Morgan fingerprint density at radius 2 is 1.83 bits per heavy atom. The van der Waals surface area contributed by atoms with Gasteiger partial charge in [-0.3, -0.25) is 4.79 Å². The summed E-state index contributed by atoms with van der Waals surface area (Å²) < 4.78 is 0. The molecule has 1 saturated heterocycles. The number of carbonyl (C=O) groups excluding carboxylic acids is 1. The summed E-state index contributed by atoms with van der Waals surface area (Å²) in [4.78, 5) is 20.7. The summed E-state index contributed by atoms with van der Waals surface area (Å²) in [5.74, 6) is 0.956. The minimum atomic E-state index is 0.00161. The van der Waals surface area contributed by atoms with Crippen LogP contribution in [0.15, 0.2) is 48.7 Å². The van der Waals surface area contributed by atoms with Gasteiger partial charge in [0.15, 0.2) is 0 Å². The van der Waals surface area contributed by atoms with E-state index in [4.69, 9.17) is 23.2 Å². The number of pyridine rings is 1. The highest BCUT2D eigenvalue weighted by molar-refractivity contribution is 6.42. The van der Waals surface area contributed by atoms with E-state index in [0.717, 1.165) is 24.5 Å². The highest BCUT2D eigenvalue weighted by Crippen LogP contribution is 2.23. The van der Waals surface area contributed by atoms with Crippen molar-refractivity contribution in [3.63, 3.8) is 0 Å². The summed E-state index contributed by atoms with van der Waals surface area (Å²) in [6.07, 6.45) is 5.12. The average molecular weight is 362 g/mol. The lowest BCUT2D eigenvalue weighted by Gasteiger charge is -2.34. The molecule has 0 spiro atoms. The smallest absolute Gasteiger partial charge is 0.246 e. The third-order valence-electron chi connectivity index (χ3n) is 3.93. The first-order valence-corrected chi connectivity index (χ1v) is 8.47. The van der Waals surface area contributed by atoms with E-state index >= 15 is 0 Å². The van der Waals surface area contributed by atoms with E-state index in [1.165, 1.54) is 0 Å². The van der Waals surface area contributed by atoms with Gasteiger partial charge in [0.2, 0.25) is 5.91 Å². The molecule has 124 valence electrons. The van der Waals surface area contributed by atoms with Gasteiger partial charge >= 0.3 is 0 Å². The SMILES string of the molecule is O=C(/C=C\c1ccc(Cl)c(Cl)c1)N1CCN(c2ccccn2)CC1. The average Bonchev–Trinajstić information content (AvgIpc) is 2.63. The summed E-state index contributed by atoms with van der Waals surface area (Å²) in [5.41, 5.74) is 0.852. The van der Waals surface area contributed by atoms with Crippen LogP contribution >= 0.6 is 23.2 Å². The van der Waals surface area contributed by atoms with E-state index in [1.807, 2.05) is 29.2 Å². The van der Waals surface area contributed by atoms with Crippen LogP contribution in [0, 0.1) is 0 Å². The first kappa shape index (κ1) is 16.8. The topological polar surface area (TPSA) is 36.4 Å². The Morgan fingerprint density at radius 3 is 2.50 bits per heavy atom. The van der Waals surface area contributed by atoms with Crippen LogP contribution in [0.4, 0.5) is 5.82 Å². The lowest BCUT2D eigenvalue weighted by atomic mass is 10.2. The Labute approximate surface area is 151 Å². The summed E-state index contributed by atoms with van der Waals surface area (Å²) in [5, 5.41) is 0.987. The molecule has 0 atom stereocenters. The van der Waals surface area contributed by atoms with Crippen LogP contribution < -0.4 is 4.90 Å². The van der Waals surface area contributed by atoms with Crippen molar-refractivity contribution >= 4 is 41.0 Å². The Balaban J connectivity index is 1.57. The van der Waals surface area contributed by atoms with Crippen molar-refractivity contribution in [3.05, 3.63) is 64.3 Å². The van der Waals surface area contributed by atoms with Gasteiger partial charge in [0.05, 0.1) is 10.0 Å². The van der Waals surface area contributed by atoms with Crippen LogP contribution in [0.3, 0.4) is 0 Å². The molecule has 0 radical (unpaired) electrons. The summed E-state index contributed by atoms with van der Waals surface area (Å²) in [6, 6.07) is 11.2. The van der Waals surface area contributed by atoms with Crippen molar-refractivity contribution in [1.29, 1.82) is 0 Å². The number of piperazine rings is 1. The molecule has 24 heavy (non-hydrogen) atoms. The molecule has 0 N–H and O–H groups in total. The zero-order valence-electron chi connectivity index (χ0n) is 13.0. The summed E-state index contributed by atoms with van der Waals surface area (Å²) in [6.45, 7) is 2.93. The first-order chi connectivity index (χ1) is 11.6. The Hall–Kier alpha value is -2.04. The fraction of sp³-hybridized carbons (Fsp3) is 0.222. The molecule has 2 aromatic rings. The standard InChI is InChI=1S/C18H17Cl2N3O/c19-15-6-4-14(13-16(15)20)5-7-18(24)23-11-9-22(10-12-23)17-3-1-2-8-21-17/h1-8,13H,9-12H2/b7-5-. The highest BCUT2D eigenvalue weighted by Gasteiger charge is 2.20. The number of carbonyl (C=O) groups is 1. The molecule has 0 unspecified atom stereocenters. The van der Waals surface area contributed by atoms with Gasteiger partial charge in [0, 0.05) is 38.5 Å². The quantitative estimate of drug-likeness (QED) is 0.781. The molecular formula is C18H17Cl2N3O. The summed E-state index contributed by atoms with van der Waals surface area (Å²) >= 11 is 11.9. The van der Waals surface area contributed by atoms with Gasteiger partial charge in [0.25, 0.3) is 0 Å². The monoisotopic (exact) mass is 361 g/mol. The van der Waals surface area contributed by atoms with Gasteiger partial charge in [-0.25, -0.2) is 4.98 Å². The number of anilines is 1. The minimum Gasteiger partial charge on any atom is -0.353 e. The molecule has 1 aliphatic heterocycles. The first-order valence-electron chi connectivity index (χ1n) is 7.71. The third kappa shape index (κ3) is 4.08. The molecule has 2 heterocycles. The lowest BCUT2D eigenvalue weighted by Crippen LogP contribution is -2.48. The lowest BCUT2D eigenvalue weighted by molar-refractivity contribution is -0.126. The van der Waals surface area contributed by atoms with Crippen LogP contribution in [-0.4, -0.2) is 42.0 Å². The Morgan fingerprint density at radius 1 is 1.04 bits per heavy atom. The Kier molecular flexibility index (Phi) is 5.38. The molecule has 1 aromatic carbocycles. The molecule has 1 fully saturated rings. The normalized spacial score (nSPS) is 15.1. The predicted octanol–water partition coefficient (Wildman–Crippen LogP) is 3.75. The van der Waals surface area contributed by atoms with Crippen LogP contribution in [-0.2, 0) is 4.79 Å². The number of aromatic nitrogens is 1. The van der Waals surface area contributed by atoms with Crippen molar-refractivity contribution in [3.8, 4) is 0 Å². The van der Waals surface area contributed by atoms with E-state index in [2.05, 4.69) is 9.88 Å². The molecule has 3 rings (SSSR count). The number of amides is 1. The van der Waals surface area contributed by atoms with Crippen LogP contribution in [0.1, 0.15) is 5.56 Å². The second-order valence-electron chi connectivity index (χ2n) is 5.51. The molecule has 1 amide bonds. The highest BCUT2D eigenvalue weighted by atomic mass is 35.5. The van der Waals surface area contributed by atoms with Gasteiger partial charge in [-0.05, 0) is 35.9 Å². The Bertz CT molecular complexity index is 741. The van der Waals surface area contributed by atoms with Crippen molar-refractivity contribution < 1.29 is 4.79 Å². The minimum absolute atomic E-state index is 0.00161. The maximum Gasteiger partial charge on any atom is 0.246 e. The molecule has 0 saturated carbocycles. The maximum absolute atomic E-state index is 12.3. The molecule has 1 aliphatic rings. The van der Waals surface area contributed by atoms with E-state index < -0.39 is 0 Å². The van der Waals surface area contributed by atoms with E-state index in [0.29, 0.717) is 23.1 Å². The van der Waals surface area contributed by atoms with Crippen molar-refractivity contribution in [1.82, 2.24) is 9.88 Å². The van der Waals surface area contributed by atoms with Crippen molar-refractivity contribution in [2.75, 3.05) is 31.1 Å². The van der Waals surface area contributed by atoms with Gasteiger partial charge in [0.1, 0.15) is 5.82 Å². The molecule has 0 bridgehead atoms.